The number of nitrogens with zero attached hydrogens (tertiary/aromatic N) is 5. The van der Waals surface area contributed by atoms with Crippen molar-refractivity contribution in [3.63, 3.8) is 0 Å². The lowest BCUT2D eigenvalue weighted by atomic mass is 9.93. The Kier molecular flexibility index (Phi) is 6.25. The third-order valence-corrected chi connectivity index (χ3v) is 7.03. The van der Waals surface area contributed by atoms with E-state index in [9.17, 15) is 14.4 Å². The van der Waals surface area contributed by atoms with Crippen molar-refractivity contribution >= 4 is 29.6 Å². The molecule has 35 heavy (non-hydrogen) atoms. The fourth-order valence-corrected chi connectivity index (χ4v) is 4.81. The molecule has 11 heteroatoms. The number of hydrogen-bond acceptors (Lipinski definition) is 7. The van der Waals surface area contributed by atoms with E-state index in [0.29, 0.717) is 29.9 Å². The molecular formula is C24H25N7O3S. The van der Waals surface area contributed by atoms with Crippen molar-refractivity contribution in [2.24, 2.45) is 0 Å². The van der Waals surface area contributed by atoms with Crippen LogP contribution in [0.1, 0.15) is 37.8 Å². The van der Waals surface area contributed by atoms with Gasteiger partial charge in [0.05, 0.1) is 5.75 Å². The second-order valence-corrected chi connectivity index (χ2v) is 9.80. The number of thioether (sulfide) groups is 1. The third kappa shape index (κ3) is 4.90. The van der Waals surface area contributed by atoms with Crippen LogP contribution < -0.4 is 10.7 Å². The predicted molar refractivity (Wildman–Crippen MR) is 129 cm³/mol. The van der Waals surface area contributed by atoms with E-state index in [2.05, 4.69) is 25.9 Å². The molecule has 10 nitrogen and oxygen atoms in total. The van der Waals surface area contributed by atoms with Gasteiger partial charge in [-0.1, -0.05) is 42.1 Å². The summed E-state index contributed by atoms with van der Waals surface area (Å²) >= 11 is 1.22. The Morgan fingerprint density at radius 2 is 1.97 bits per heavy atom. The summed E-state index contributed by atoms with van der Waals surface area (Å²) in [5.41, 5.74) is 3.29. The summed E-state index contributed by atoms with van der Waals surface area (Å²) in [4.78, 5) is 42.2. The third-order valence-electron chi connectivity index (χ3n) is 6.08. The summed E-state index contributed by atoms with van der Waals surface area (Å²) in [6.45, 7) is 1.68. The Morgan fingerprint density at radius 3 is 2.69 bits per heavy atom. The molecule has 0 radical (unpaired) electrons. The number of nitrogens with one attached hydrogen (secondary N) is 2. The molecule has 180 valence electrons. The van der Waals surface area contributed by atoms with Crippen LogP contribution in [0, 0.1) is 0 Å². The number of rotatable bonds is 9. The highest BCUT2D eigenvalue weighted by Gasteiger charge is 2.48. The maximum atomic E-state index is 13.0. The number of imide groups is 1. The Hall–Kier alpha value is -3.73. The highest BCUT2D eigenvalue weighted by Crippen LogP contribution is 2.40. The molecule has 2 N–H and O–H groups in total. The maximum absolute atomic E-state index is 13.0. The van der Waals surface area contributed by atoms with E-state index >= 15 is 0 Å². The summed E-state index contributed by atoms with van der Waals surface area (Å²) in [5, 5.41) is 12.7. The van der Waals surface area contributed by atoms with Gasteiger partial charge in [-0.25, -0.2) is 4.79 Å². The fraction of sp³-hybridized carbons (Fsp3) is 0.333. The molecule has 1 aliphatic carbocycles. The molecule has 3 heterocycles. The lowest BCUT2D eigenvalue weighted by Gasteiger charge is -2.21. The SMILES string of the molecule is C[C@]1(CCc2ccccc2)NC(=O)N(NC(=O)CSc2nnc(-c3cccnc3)n2C2CC2)C1=O. The predicted octanol–water partition coefficient (Wildman–Crippen LogP) is 2.74. The summed E-state index contributed by atoms with van der Waals surface area (Å²) < 4.78 is 2.03. The Morgan fingerprint density at radius 1 is 1.17 bits per heavy atom. The lowest BCUT2D eigenvalue weighted by molar-refractivity contribution is -0.138. The van der Waals surface area contributed by atoms with Crippen molar-refractivity contribution < 1.29 is 14.4 Å². The molecule has 0 bridgehead atoms. The first-order valence-corrected chi connectivity index (χ1v) is 12.4. The van der Waals surface area contributed by atoms with E-state index < -0.39 is 23.4 Å². The monoisotopic (exact) mass is 491 g/mol. The van der Waals surface area contributed by atoms with E-state index in [1.54, 1.807) is 19.3 Å². The Balaban J connectivity index is 1.20. The van der Waals surface area contributed by atoms with Crippen molar-refractivity contribution in [3.8, 4) is 11.4 Å². The van der Waals surface area contributed by atoms with Crippen molar-refractivity contribution in [1.82, 2.24) is 35.5 Å². The minimum atomic E-state index is -1.09. The van der Waals surface area contributed by atoms with Gasteiger partial charge < -0.3 is 5.32 Å². The molecule has 2 fully saturated rings. The first-order chi connectivity index (χ1) is 16.9. The molecule has 1 aliphatic heterocycles. The highest BCUT2D eigenvalue weighted by atomic mass is 32.2. The topological polar surface area (TPSA) is 122 Å². The van der Waals surface area contributed by atoms with Gasteiger partial charge in [-0.15, -0.1) is 10.2 Å². The van der Waals surface area contributed by atoms with Crippen LogP contribution in [0.25, 0.3) is 11.4 Å². The average Bonchev–Trinajstić information content (AvgIpc) is 3.59. The number of benzene rings is 1. The molecule has 1 saturated carbocycles. The summed E-state index contributed by atoms with van der Waals surface area (Å²) in [5.74, 6) is -0.252. The van der Waals surface area contributed by atoms with Crippen LogP contribution in [0.2, 0.25) is 0 Å². The van der Waals surface area contributed by atoms with Crippen LogP contribution in [-0.4, -0.2) is 53.9 Å². The largest absolute Gasteiger partial charge is 0.344 e. The Labute approximate surface area is 206 Å². The molecule has 3 aromatic rings. The van der Waals surface area contributed by atoms with Gasteiger partial charge in [-0.2, -0.15) is 5.01 Å². The van der Waals surface area contributed by atoms with E-state index in [1.807, 2.05) is 47.0 Å². The quantitative estimate of drug-likeness (QED) is 0.349. The zero-order valence-corrected chi connectivity index (χ0v) is 20.0. The number of aromatic nitrogens is 4. The van der Waals surface area contributed by atoms with Crippen LogP contribution in [0.5, 0.6) is 0 Å². The first-order valence-electron chi connectivity index (χ1n) is 11.4. The van der Waals surface area contributed by atoms with Crippen molar-refractivity contribution in [1.29, 1.82) is 0 Å². The number of pyridine rings is 1. The molecule has 2 aliphatic rings. The van der Waals surface area contributed by atoms with Crippen LogP contribution in [0.4, 0.5) is 4.79 Å². The van der Waals surface area contributed by atoms with Gasteiger partial charge in [0.1, 0.15) is 5.54 Å². The van der Waals surface area contributed by atoms with Gasteiger partial charge in [-0.05, 0) is 50.3 Å². The first kappa shape index (κ1) is 23.0. The van der Waals surface area contributed by atoms with E-state index in [1.165, 1.54) is 11.8 Å². The normalized spacial score (nSPS) is 19.6. The van der Waals surface area contributed by atoms with Gasteiger partial charge in [0.15, 0.2) is 11.0 Å². The standard InChI is InChI=1S/C24H25N7O3S/c1-24(12-11-16-6-3-2-4-7-16)21(33)31(22(34)26-24)29-19(32)15-35-23-28-27-20(30(23)18-9-10-18)17-8-5-13-25-14-17/h2-8,13-14,18H,9-12,15H2,1H3,(H,26,34)(H,29,32)/t24-/m1/s1. The molecule has 5 rings (SSSR count). The van der Waals surface area contributed by atoms with E-state index in [-0.39, 0.29) is 5.75 Å². The molecule has 1 aromatic carbocycles. The number of hydrogen-bond donors (Lipinski definition) is 2. The fourth-order valence-electron chi connectivity index (χ4n) is 4.01. The van der Waals surface area contributed by atoms with Crippen LogP contribution in [0.15, 0.2) is 60.0 Å². The summed E-state index contributed by atoms with van der Waals surface area (Å²) in [7, 11) is 0. The van der Waals surface area contributed by atoms with Crippen molar-refractivity contribution in [3.05, 3.63) is 60.4 Å². The molecule has 0 unspecified atom stereocenters. The van der Waals surface area contributed by atoms with Crippen molar-refractivity contribution in [2.75, 3.05) is 5.75 Å². The maximum Gasteiger partial charge on any atom is 0.344 e. The number of aryl methyl sites for hydroxylation is 1. The number of urea groups is 1. The molecule has 0 spiro atoms. The van der Waals surface area contributed by atoms with Crippen LogP contribution in [0.3, 0.4) is 0 Å². The van der Waals surface area contributed by atoms with Gasteiger partial charge >= 0.3 is 6.03 Å². The molecule has 1 saturated heterocycles. The molecule has 4 amide bonds. The van der Waals surface area contributed by atoms with Gasteiger partial charge in [0, 0.05) is 24.0 Å². The summed E-state index contributed by atoms with van der Waals surface area (Å²) in [6, 6.07) is 13.2. The number of amides is 4. The molecular weight excluding hydrogens is 466 g/mol. The second kappa shape index (κ2) is 9.49. The van der Waals surface area contributed by atoms with Crippen LogP contribution in [-0.2, 0) is 16.0 Å². The van der Waals surface area contributed by atoms with Crippen molar-refractivity contribution in [2.45, 2.75) is 49.3 Å². The Bertz CT molecular complexity index is 1250. The molecule has 2 aromatic heterocycles. The van der Waals surface area contributed by atoms with Gasteiger partial charge in [0.2, 0.25) is 5.91 Å². The second-order valence-electron chi connectivity index (χ2n) is 8.86. The number of carbonyl (C=O) groups excluding carboxylic acids is 3. The zero-order valence-electron chi connectivity index (χ0n) is 19.2. The van der Waals surface area contributed by atoms with E-state index in [0.717, 1.165) is 29.0 Å². The minimum Gasteiger partial charge on any atom is -0.322 e. The zero-order chi connectivity index (χ0) is 24.4. The number of hydrazine groups is 1. The van der Waals surface area contributed by atoms with Gasteiger partial charge in [0.25, 0.3) is 5.91 Å². The number of carbonyl (C=O) groups is 3. The lowest BCUT2D eigenvalue weighted by Crippen LogP contribution is -2.49. The smallest absolute Gasteiger partial charge is 0.322 e. The molecule has 1 atom stereocenters. The minimum absolute atomic E-state index is 0.0182. The highest BCUT2D eigenvalue weighted by molar-refractivity contribution is 7.99. The van der Waals surface area contributed by atoms with Crippen LogP contribution >= 0.6 is 11.8 Å². The summed E-state index contributed by atoms with van der Waals surface area (Å²) in [6.07, 6.45) is 6.52. The van der Waals surface area contributed by atoms with E-state index in [4.69, 9.17) is 0 Å². The average molecular weight is 492 g/mol. The van der Waals surface area contributed by atoms with Gasteiger partial charge in [-0.3, -0.25) is 24.6 Å².